The van der Waals surface area contributed by atoms with Crippen LogP contribution in [-0.4, -0.2) is 26.8 Å². The van der Waals surface area contributed by atoms with E-state index in [9.17, 15) is 8.42 Å². The van der Waals surface area contributed by atoms with Crippen molar-refractivity contribution in [3.8, 4) is 11.3 Å². The number of benzene rings is 1. The molecule has 1 aromatic carbocycles. The van der Waals surface area contributed by atoms with Gasteiger partial charge < -0.3 is 9.73 Å². The van der Waals surface area contributed by atoms with Crippen molar-refractivity contribution < 1.29 is 12.8 Å². The van der Waals surface area contributed by atoms with Gasteiger partial charge in [-0.05, 0) is 62.3 Å². The van der Waals surface area contributed by atoms with Crippen LogP contribution in [0.1, 0.15) is 12.8 Å². The molecule has 0 spiro atoms. The standard InChI is InChI=1S/C15H17NO3S.ClH/c17-20(18,14-7-9-16-10-8-14)13-5-3-12(4-6-13)15-2-1-11-19-15;/h1-6,11,14,16H,7-10H2;1H. The molecule has 21 heavy (non-hydrogen) atoms. The molecule has 1 fully saturated rings. The largest absolute Gasteiger partial charge is 0.464 e. The molecule has 0 unspecified atom stereocenters. The van der Waals surface area contributed by atoms with E-state index in [1.807, 2.05) is 12.1 Å². The fourth-order valence-electron chi connectivity index (χ4n) is 2.55. The van der Waals surface area contributed by atoms with Crippen molar-refractivity contribution >= 4 is 22.2 Å². The first kappa shape index (κ1) is 16.1. The van der Waals surface area contributed by atoms with E-state index < -0.39 is 9.84 Å². The van der Waals surface area contributed by atoms with Crippen LogP contribution in [0, 0.1) is 0 Å². The minimum absolute atomic E-state index is 0. The number of piperidine rings is 1. The highest BCUT2D eigenvalue weighted by Crippen LogP contribution is 2.26. The third kappa shape index (κ3) is 3.31. The lowest BCUT2D eigenvalue weighted by Gasteiger charge is -2.22. The monoisotopic (exact) mass is 327 g/mol. The third-order valence-electron chi connectivity index (χ3n) is 3.71. The van der Waals surface area contributed by atoms with Gasteiger partial charge in [0.05, 0.1) is 16.4 Å². The number of sulfone groups is 1. The van der Waals surface area contributed by atoms with E-state index in [0.717, 1.165) is 24.4 Å². The zero-order chi connectivity index (χ0) is 14.0. The van der Waals surface area contributed by atoms with Gasteiger partial charge in [0.25, 0.3) is 0 Å². The summed E-state index contributed by atoms with van der Waals surface area (Å²) in [4.78, 5) is 0.403. The number of hydrogen-bond donors (Lipinski definition) is 1. The lowest BCUT2D eigenvalue weighted by atomic mass is 10.2. The molecule has 114 valence electrons. The highest BCUT2D eigenvalue weighted by Gasteiger charge is 2.28. The van der Waals surface area contributed by atoms with E-state index in [-0.39, 0.29) is 17.7 Å². The highest BCUT2D eigenvalue weighted by atomic mass is 35.5. The maximum Gasteiger partial charge on any atom is 0.181 e. The van der Waals surface area contributed by atoms with Gasteiger partial charge in [-0.3, -0.25) is 0 Å². The van der Waals surface area contributed by atoms with Crippen LogP contribution in [0.25, 0.3) is 11.3 Å². The maximum atomic E-state index is 12.5. The summed E-state index contributed by atoms with van der Waals surface area (Å²) in [5, 5.41) is 2.92. The minimum Gasteiger partial charge on any atom is -0.464 e. The molecule has 0 saturated carbocycles. The molecule has 1 saturated heterocycles. The van der Waals surface area contributed by atoms with Crippen molar-refractivity contribution in [1.82, 2.24) is 5.32 Å². The van der Waals surface area contributed by atoms with Gasteiger partial charge in [-0.15, -0.1) is 12.4 Å². The van der Waals surface area contributed by atoms with Gasteiger partial charge in [-0.1, -0.05) is 0 Å². The second kappa shape index (κ2) is 6.64. The summed E-state index contributed by atoms with van der Waals surface area (Å²) in [5.41, 5.74) is 0.888. The van der Waals surface area contributed by atoms with E-state index >= 15 is 0 Å². The Morgan fingerprint density at radius 3 is 2.29 bits per heavy atom. The molecule has 0 bridgehead atoms. The summed E-state index contributed by atoms with van der Waals surface area (Å²) in [7, 11) is -3.22. The van der Waals surface area contributed by atoms with Gasteiger partial charge >= 0.3 is 0 Å². The van der Waals surface area contributed by atoms with E-state index in [2.05, 4.69) is 5.32 Å². The Labute approximate surface area is 130 Å². The summed E-state index contributed by atoms with van der Waals surface area (Å²) in [6.45, 7) is 1.54. The molecule has 3 rings (SSSR count). The Bertz CT molecular complexity index is 659. The van der Waals surface area contributed by atoms with Crippen LogP contribution in [-0.2, 0) is 9.84 Å². The van der Waals surface area contributed by atoms with Crippen LogP contribution >= 0.6 is 12.4 Å². The predicted molar refractivity (Wildman–Crippen MR) is 84.5 cm³/mol. The number of nitrogens with one attached hydrogen (secondary N) is 1. The minimum atomic E-state index is -3.22. The van der Waals surface area contributed by atoms with Crippen LogP contribution in [0.3, 0.4) is 0 Å². The average molecular weight is 328 g/mol. The molecule has 0 aliphatic carbocycles. The zero-order valence-corrected chi connectivity index (χ0v) is 13.1. The van der Waals surface area contributed by atoms with Crippen LogP contribution < -0.4 is 5.32 Å². The Morgan fingerprint density at radius 2 is 1.71 bits per heavy atom. The Balaban J connectivity index is 0.00000161. The van der Waals surface area contributed by atoms with Crippen molar-refractivity contribution in [2.45, 2.75) is 23.0 Å². The summed E-state index contributed by atoms with van der Waals surface area (Å²) in [5.74, 6) is 0.746. The second-order valence-electron chi connectivity index (χ2n) is 5.00. The molecule has 6 heteroatoms. The quantitative estimate of drug-likeness (QED) is 0.941. The second-order valence-corrected chi connectivity index (χ2v) is 7.22. The van der Waals surface area contributed by atoms with Crippen LogP contribution in [0.15, 0.2) is 52.0 Å². The summed E-state index contributed by atoms with van der Waals surface area (Å²) >= 11 is 0. The van der Waals surface area contributed by atoms with Crippen molar-refractivity contribution in [2.24, 2.45) is 0 Å². The fourth-order valence-corrected chi connectivity index (χ4v) is 4.31. The summed E-state index contributed by atoms with van der Waals surface area (Å²) < 4.78 is 30.4. The van der Waals surface area contributed by atoms with Gasteiger partial charge in [0.15, 0.2) is 9.84 Å². The molecular weight excluding hydrogens is 310 g/mol. The molecule has 2 aromatic rings. The Morgan fingerprint density at radius 1 is 1.05 bits per heavy atom. The van der Waals surface area contributed by atoms with Crippen molar-refractivity contribution in [3.63, 3.8) is 0 Å². The van der Waals surface area contributed by atoms with E-state index in [0.29, 0.717) is 17.7 Å². The molecular formula is C15H18ClNO3S. The Kier molecular flexibility index (Phi) is 5.08. The molecule has 4 nitrogen and oxygen atoms in total. The van der Waals surface area contributed by atoms with E-state index in [1.54, 1.807) is 30.5 Å². The lowest BCUT2D eigenvalue weighted by Crippen LogP contribution is -2.35. The number of furan rings is 1. The van der Waals surface area contributed by atoms with E-state index in [4.69, 9.17) is 4.42 Å². The first-order chi connectivity index (χ1) is 9.68. The lowest BCUT2D eigenvalue weighted by molar-refractivity contribution is 0.496. The highest BCUT2D eigenvalue weighted by molar-refractivity contribution is 7.92. The van der Waals surface area contributed by atoms with Crippen LogP contribution in [0.4, 0.5) is 0 Å². The van der Waals surface area contributed by atoms with Crippen LogP contribution in [0.5, 0.6) is 0 Å². The number of halogens is 1. The van der Waals surface area contributed by atoms with Gasteiger partial charge in [-0.25, -0.2) is 8.42 Å². The topological polar surface area (TPSA) is 59.3 Å². The number of rotatable bonds is 3. The normalized spacial score (nSPS) is 16.4. The first-order valence-electron chi connectivity index (χ1n) is 6.76. The predicted octanol–water partition coefficient (Wildman–Crippen LogP) is 2.89. The molecule has 1 aliphatic heterocycles. The summed E-state index contributed by atoms with van der Waals surface area (Å²) in [6, 6.07) is 10.6. The number of hydrogen-bond acceptors (Lipinski definition) is 4. The summed E-state index contributed by atoms with van der Waals surface area (Å²) in [6.07, 6.45) is 2.97. The third-order valence-corrected chi connectivity index (χ3v) is 5.99. The molecule has 1 aliphatic rings. The van der Waals surface area contributed by atoms with Gasteiger partial charge in [-0.2, -0.15) is 0 Å². The van der Waals surface area contributed by atoms with Crippen molar-refractivity contribution in [3.05, 3.63) is 42.7 Å². The van der Waals surface area contributed by atoms with Gasteiger partial charge in [0.2, 0.25) is 0 Å². The molecule has 0 amide bonds. The molecule has 0 radical (unpaired) electrons. The van der Waals surface area contributed by atoms with E-state index in [1.165, 1.54) is 0 Å². The molecule has 1 N–H and O–H groups in total. The SMILES string of the molecule is Cl.O=S(=O)(c1ccc(-c2ccco2)cc1)C1CCNCC1. The first-order valence-corrected chi connectivity index (χ1v) is 8.31. The Hall–Kier alpha value is -1.30. The zero-order valence-electron chi connectivity index (χ0n) is 11.5. The van der Waals surface area contributed by atoms with Gasteiger partial charge in [0.1, 0.15) is 5.76 Å². The molecule has 1 aromatic heterocycles. The van der Waals surface area contributed by atoms with Crippen LogP contribution in [0.2, 0.25) is 0 Å². The van der Waals surface area contributed by atoms with Crippen molar-refractivity contribution in [2.75, 3.05) is 13.1 Å². The molecule has 2 heterocycles. The smallest absolute Gasteiger partial charge is 0.181 e. The fraction of sp³-hybridized carbons (Fsp3) is 0.333. The van der Waals surface area contributed by atoms with Gasteiger partial charge in [0, 0.05) is 5.56 Å². The van der Waals surface area contributed by atoms with Crippen molar-refractivity contribution in [1.29, 1.82) is 0 Å². The average Bonchev–Trinajstić information content (AvgIpc) is 3.02. The molecule has 0 atom stereocenters. The maximum absolute atomic E-state index is 12.5.